The predicted octanol–water partition coefficient (Wildman–Crippen LogP) is 1.77. The first kappa shape index (κ1) is 15.1. The Kier molecular flexibility index (Phi) is 6.25. The summed E-state index contributed by atoms with van der Waals surface area (Å²) in [6, 6.07) is 0. The van der Waals surface area contributed by atoms with E-state index < -0.39 is 30.5 Å². The van der Waals surface area contributed by atoms with Crippen LogP contribution in [0.5, 0.6) is 0 Å². The van der Waals surface area contributed by atoms with Gasteiger partial charge in [0.15, 0.2) is 0 Å². The van der Waals surface area contributed by atoms with Crippen LogP contribution in [-0.2, 0) is 4.74 Å². The minimum absolute atomic E-state index is 0.0181. The van der Waals surface area contributed by atoms with Crippen LogP contribution >= 0.6 is 0 Å². The van der Waals surface area contributed by atoms with Gasteiger partial charge < -0.3 is 15.2 Å². The highest BCUT2D eigenvalue weighted by Crippen LogP contribution is 2.10. The summed E-state index contributed by atoms with van der Waals surface area (Å²) >= 11 is 0. The maximum Gasteiger partial charge on any atom is 0.407 e. The SMILES string of the molecule is CC(C)(C)OC(=O)NCC(CO)CC(F)F. The molecule has 0 aromatic rings. The van der Waals surface area contributed by atoms with Crippen LogP contribution in [0.25, 0.3) is 0 Å². The zero-order valence-corrected chi connectivity index (χ0v) is 9.80. The van der Waals surface area contributed by atoms with Crippen molar-refractivity contribution in [3.63, 3.8) is 0 Å². The normalized spacial score (nSPS) is 13.7. The summed E-state index contributed by atoms with van der Waals surface area (Å²) in [5, 5.41) is 11.1. The first-order valence-electron chi connectivity index (χ1n) is 5.10. The second-order valence-corrected chi connectivity index (χ2v) is 4.56. The molecule has 16 heavy (non-hydrogen) atoms. The lowest BCUT2D eigenvalue weighted by molar-refractivity contribution is 0.0483. The van der Waals surface area contributed by atoms with Crippen molar-refractivity contribution in [2.45, 2.75) is 39.2 Å². The summed E-state index contributed by atoms with van der Waals surface area (Å²) < 4.78 is 28.9. The number of alkyl carbamates (subject to hydrolysis) is 1. The van der Waals surface area contributed by atoms with Crippen molar-refractivity contribution in [3.8, 4) is 0 Å². The smallest absolute Gasteiger partial charge is 0.407 e. The minimum atomic E-state index is -2.49. The molecule has 96 valence electrons. The molecule has 0 spiro atoms. The summed E-state index contributed by atoms with van der Waals surface area (Å²) in [6.07, 6.45) is -3.59. The maximum absolute atomic E-state index is 12.0. The van der Waals surface area contributed by atoms with E-state index in [1.807, 2.05) is 0 Å². The van der Waals surface area contributed by atoms with Crippen molar-refractivity contribution < 1.29 is 23.4 Å². The maximum atomic E-state index is 12.0. The third-order valence-corrected chi connectivity index (χ3v) is 1.70. The Bertz CT molecular complexity index is 217. The molecule has 0 aromatic heterocycles. The Hall–Kier alpha value is -0.910. The predicted molar refractivity (Wildman–Crippen MR) is 55.4 cm³/mol. The monoisotopic (exact) mass is 239 g/mol. The Morgan fingerprint density at radius 3 is 2.38 bits per heavy atom. The second kappa shape index (κ2) is 6.62. The van der Waals surface area contributed by atoms with Gasteiger partial charge in [-0.25, -0.2) is 13.6 Å². The van der Waals surface area contributed by atoms with Crippen LogP contribution in [0.2, 0.25) is 0 Å². The van der Waals surface area contributed by atoms with E-state index in [4.69, 9.17) is 9.84 Å². The molecular formula is C10H19F2NO3. The van der Waals surface area contributed by atoms with Gasteiger partial charge in [0.05, 0.1) is 0 Å². The molecule has 0 rings (SSSR count). The highest BCUT2D eigenvalue weighted by molar-refractivity contribution is 5.67. The van der Waals surface area contributed by atoms with Crippen molar-refractivity contribution in [1.82, 2.24) is 5.32 Å². The van der Waals surface area contributed by atoms with Gasteiger partial charge in [0, 0.05) is 25.5 Å². The van der Waals surface area contributed by atoms with Crippen molar-refractivity contribution in [2.24, 2.45) is 5.92 Å². The average Bonchev–Trinajstić information content (AvgIpc) is 2.08. The van der Waals surface area contributed by atoms with Gasteiger partial charge >= 0.3 is 6.09 Å². The van der Waals surface area contributed by atoms with Gasteiger partial charge in [0.2, 0.25) is 6.43 Å². The lowest BCUT2D eigenvalue weighted by Gasteiger charge is -2.21. The Balaban J connectivity index is 3.88. The van der Waals surface area contributed by atoms with Crippen molar-refractivity contribution in [1.29, 1.82) is 0 Å². The van der Waals surface area contributed by atoms with Gasteiger partial charge in [-0.3, -0.25) is 0 Å². The molecule has 0 saturated carbocycles. The molecule has 1 unspecified atom stereocenters. The molecule has 1 atom stereocenters. The quantitative estimate of drug-likeness (QED) is 0.768. The standard InChI is InChI=1S/C10H19F2NO3/c1-10(2,3)16-9(15)13-5-7(6-14)4-8(11)12/h7-8,14H,4-6H2,1-3H3,(H,13,15). The zero-order valence-electron chi connectivity index (χ0n) is 9.80. The summed E-state index contributed by atoms with van der Waals surface area (Å²) in [5.74, 6) is -0.646. The van der Waals surface area contributed by atoms with E-state index in [-0.39, 0.29) is 13.2 Å². The second-order valence-electron chi connectivity index (χ2n) is 4.56. The number of alkyl halides is 2. The highest BCUT2D eigenvalue weighted by Gasteiger charge is 2.19. The summed E-state index contributed by atoms with van der Waals surface area (Å²) in [7, 11) is 0. The van der Waals surface area contributed by atoms with Gasteiger partial charge in [-0.05, 0) is 20.8 Å². The van der Waals surface area contributed by atoms with E-state index in [0.29, 0.717) is 0 Å². The molecule has 6 heteroatoms. The first-order valence-corrected chi connectivity index (χ1v) is 5.10. The van der Waals surface area contributed by atoms with Crippen LogP contribution in [0.15, 0.2) is 0 Å². The van der Waals surface area contributed by atoms with Crippen molar-refractivity contribution in [3.05, 3.63) is 0 Å². The van der Waals surface area contributed by atoms with Gasteiger partial charge in [-0.1, -0.05) is 0 Å². The van der Waals surface area contributed by atoms with Crippen LogP contribution in [0, 0.1) is 5.92 Å². The molecular weight excluding hydrogens is 220 g/mol. The number of halogens is 2. The number of aliphatic hydroxyl groups is 1. The Morgan fingerprint density at radius 2 is 2.00 bits per heavy atom. The molecule has 2 N–H and O–H groups in total. The highest BCUT2D eigenvalue weighted by atomic mass is 19.3. The average molecular weight is 239 g/mol. The number of hydrogen-bond acceptors (Lipinski definition) is 3. The first-order chi connectivity index (χ1) is 7.24. The Morgan fingerprint density at radius 1 is 1.44 bits per heavy atom. The molecule has 0 fully saturated rings. The molecule has 0 saturated heterocycles. The third-order valence-electron chi connectivity index (χ3n) is 1.70. The number of carbonyl (C=O) groups is 1. The minimum Gasteiger partial charge on any atom is -0.444 e. The number of aliphatic hydroxyl groups excluding tert-OH is 1. The summed E-state index contributed by atoms with van der Waals surface area (Å²) in [5.41, 5.74) is -0.624. The number of ether oxygens (including phenoxy) is 1. The van der Waals surface area contributed by atoms with Crippen LogP contribution in [0.3, 0.4) is 0 Å². The topological polar surface area (TPSA) is 58.6 Å². The molecule has 0 aromatic carbocycles. The van der Waals surface area contributed by atoms with Crippen LogP contribution in [0.4, 0.5) is 13.6 Å². The number of hydrogen-bond donors (Lipinski definition) is 2. The molecule has 0 aliphatic rings. The van der Waals surface area contributed by atoms with E-state index in [1.165, 1.54) is 0 Å². The third kappa shape index (κ3) is 8.40. The zero-order chi connectivity index (χ0) is 12.8. The van der Waals surface area contributed by atoms with E-state index in [0.717, 1.165) is 0 Å². The number of nitrogens with one attached hydrogen (secondary N) is 1. The summed E-state index contributed by atoms with van der Waals surface area (Å²) in [6.45, 7) is 4.70. The Labute approximate surface area is 94.0 Å². The van der Waals surface area contributed by atoms with Crippen molar-refractivity contribution in [2.75, 3.05) is 13.2 Å². The number of carbonyl (C=O) groups excluding carboxylic acids is 1. The molecule has 0 radical (unpaired) electrons. The molecule has 0 bridgehead atoms. The van der Waals surface area contributed by atoms with Gasteiger partial charge in [0.1, 0.15) is 5.60 Å². The molecule has 4 nitrogen and oxygen atoms in total. The lowest BCUT2D eigenvalue weighted by atomic mass is 10.1. The molecule has 0 aliphatic heterocycles. The number of amides is 1. The van der Waals surface area contributed by atoms with Gasteiger partial charge in [-0.15, -0.1) is 0 Å². The fraction of sp³-hybridized carbons (Fsp3) is 0.900. The van der Waals surface area contributed by atoms with Crippen LogP contribution in [0.1, 0.15) is 27.2 Å². The lowest BCUT2D eigenvalue weighted by Crippen LogP contribution is -2.36. The molecule has 0 aliphatic carbocycles. The molecule has 0 heterocycles. The van der Waals surface area contributed by atoms with Gasteiger partial charge in [-0.2, -0.15) is 0 Å². The summed E-state index contributed by atoms with van der Waals surface area (Å²) in [4.78, 5) is 11.2. The number of rotatable bonds is 5. The van der Waals surface area contributed by atoms with E-state index in [1.54, 1.807) is 20.8 Å². The van der Waals surface area contributed by atoms with Crippen molar-refractivity contribution >= 4 is 6.09 Å². The fourth-order valence-electron chi connectivity index (χ4n) is 1.02. The largest absolute Gasteiger partial charge is 0.444 e. The van der Waals surface area contributed by atoms with Crippen LogP contribution < -0.4 is 5.32 Å². The van der Waals surface area contributed by atoms with Crippen LogP contribution in [-0.4, -0.2) is 36.4 Å². The van der Waals surface area contributed by atoms with Gasteiger partial charge in [0.25, 0.3) is 0 Å². The fourth-order valence-corrected chi connectivity index (χ4v) is 1.02. The van der Waals surface area contributed by atoms with E-state index >= 15 is 0 Å². The molecule has 1 amide bonds. The van der Waals surface area contributed by atoms with E-state index in [2.05, 4.69) is 5.32 Å². The van der Waals surface area contributed by atoms with E-state index in [9.17, 15) is 13.6 Å².